The summed E-state index contributed by atoms with van der Waals surface area (Å²) < 4.78 is 22.9. The molecule has 0 bridgehead atoms. The summed E-state index contributed by atoms with van der Waals surface area (Å²) in [6.07, 6.45) is 1.91. The number of nitrogens with zero attached hydrogens (tertiary/aromatic N) is 2. The highest BCUT2D eigenvalue weighted by atomic mass is 127. The van der Waals surface area contributed by atoms with Crippen LogP contribution in [0.5, 0.6) is 0 Å². The number of amides is 1. The van der Waals surface area contributed by atoms with E-state index >= 15 is 0 Å². The van der Waals surface area contributed by atoms with Gasteiger partial charge in [0.05, 0.1) is 11.4 Å². The van der Waals surface area contributed by atoms with E-state index < -0.39 is 9.84 Å². The highest BCUT2D eigenvalue weighted by Crippen LogP contribution is 2.10. The normalized spacial score (nSPS) is 12.1. The number of carbonyl (C=O) groups excluding carboxylic acids is 1. The van der Waals surface area contributed by atoms with Gasteiger partial charge in [-0.1, -0.05) is 12.1 Å². The molecule has 0 spiro atoms. The molecule has 0 atom stereocenters. The lowest BCUT2D eigenvalue weighted by atomic mass is 10.1. The predicted octanol–water partition coefficient (Wildman–Crippen LogP) is 1.67. The van der Waals surface area contributed by atoms with Crippen molar-refractivity contribution in [1.82, 2.24) is 15.5 Å². The molecule has 0 fully saturated rings. The molecule has 1 aromatic carbocycles. The molecule has 0 aromatic heterocycles. The lowest BCUT2D eigenvalue weighted by Gasteiger charge is -2.25. The molecule has 9 heteroatoms. The van der Waals surface area contributed by atoms with Crippen molar-refractivity contribution in [3.8, 4) is 0 Å². The fraction of sp³-hybridized carbons (Fsp3) is 0.556. The Morgan fingerprint density at radius 1 is 1.19 bits per heavy atom. The number of rotatable bonds is 6. The molecule has 0 aliphatic rings. The van der Waals surface area contributed by atoms with Crippen LogP contribution in [0.3, 0.4) is 0 Å². The SMILES string of the molecule is CN=C(NCCc1ccc(S(C)(=O)=O)cc1)N(C)CC(=O)NC(C)(C)C.I. The van der Waals surface area contributed by atoms with Crippen LogP contribution in [0.2, 0.25) is 0 Å². The minimum absolute atomic E-state index is 0. The molecule has 154 valence electrons. The Balaban J connectivity index is 0.00000676. The first-order valence-electron chi connectivity index (χ1n) is 8.44. The van der Waals surface area contributed by atoms with Gasteiger partial charge in [-0.05, 0) is 44.9 Å². The van der Waals surface area contributed by atoms with E-state index in [1.807, 2.05) is 20.8 Å². The third-order valence-electron chi connectivity index (χ3n) is 3.52. The summed E-state index contributed by atoms with van der Waals surface area (Å²) in [7, 11) is 0.299. The van der Waals surface area contributed by atoms with Gasteiger partial charge in [0.15, 0.2) is 15.8 Å². The summed E-state index contributed by atoms with van der Waals surface area (Å²) in [6.45, 7) is 6.64. The maximum atomic E-state index is 12.0. The molecule has 0 saturated carbocycles. The molecule has 0 heterocycles. The summed E-state index contributed by atoms with van der Waals surface area (Å²) in [4.78, 5) is 18.3. The first-order valence-corrected chi connectivity index (χ1v) is 10.3. The van der Waals surface area contributed by atoms with Crippen molar-refractivity contribution in [1.29, 1.82) is 0 Å². The van der Waals surface area contributed by atoms with Crippen LogP contribution >= 0.6 is 24.0 Å². The monoisotopic (exact) mass is 510 g/mol. The van der Waals surface area contributed by atoms with E-state index in [4.69, 9.17) is 0 Å². The van der Waals surface area contributed by atoms with Gasteiger partial charge in [0.2, 0.25) is 5.91 Å². The van der Waals surface area contributed by atoms with Crippen LogP contribution < -0.4 is 10.6 Å². The Bertz CT molecular complexity index is 741. The van der Waals surface area contributed by atoms with Crippen molar-refractivity contribution >= 4 is 45.7 Å². The number of nitrogens with one attached hydrogen (secondary N) is 2. The Hall–Kier alpha value is -1.36. The maximum absolute atomic E-state index is 12.0. The second-order valence-corrected chi connectivity index (χ2v) is 9.31. The largest absolute Gasteiger partial charge is 0.356 e. The minimum Gasteiger partial charge on any atom is -0.356 e. The fourth-order valence-corrected chi connectivity index (χ4v) is 2.99. The Kier molecular flexibility index (Phi) is 10.3. The van der Waals surface area contributed by atoms with Crippen molar-refractivity contribution in [2.75, 3.05) is 33.4 Å². The molecule has 0 radical (unpaired) electrons. The first kappa shape index (κ1) is 25.6. The standard InChI is InChI=1S/C18H30N4O3S.HI/c1-18(2,3)21-16(23)13-22(5)17(19-4)20-12-11-14-7-9-15(10-8-14)26(6,24)25;/h7-10H,11-13H2,1-6H3,(H,19,20)(H,21,23);1H. The second-order valence-electron chi connectivity index (χ2n) is 7.29. The van der Waals surface area contributed by atoms with Crippen molar-refractivity contribution in [3.05, 3.63) is 29.8 Å². The molecule has 2 N–H and O–H groups in total. The van der Waals surface area contributed by atoms with Gasteiger partial charge in [0.1, 0.15) is 0 Å². The zero-order chi connectivity index (χ0) is 20.0. The number of benzene rings is 1. The molecule has 1 rings (SSSR count). The molecule has 0 saturated heterocycles. The fourth-order valence-electron chi connectivity index (χ4n) is 2.35. The van der Waals surface area contributed by atoms with Gasteiger partial charge in [-0.25, -0.2) is 8.42 Å². The van der Waals surface area contributed by atoms with E-state index in [0.717, 1.165) is 5.56 Å². The smallest absolute Gasteiger partial charge is 0.240 e. The van der Waals surface area contributed by atoms with Crippen LogP contribution in [0.4, 0.5) is 0 Å². The third-order valence-corrected chi connectivity index (χ3v) is 4.65. The molecule has 0 aliphatic heterocycles. The number of hydrogen-bond donors (Lipinski definition) is 2. The van der Waals surface area contributed by atoms with Gasteiger partial charge in [-0.2, -0.15) is 0 Å². The van der Waals surface area contributed by atoms with Crippen LogP contribution in [-0.2, 0) is 21.1 Å². The number of guanidine groups is 1. The van der Waals surface area contributed by atoms with Crippen molar-refractivity contribution in [2.45, 2.75) is 37.6 Å². The highest BCUT2D eigenvalue weighted by molar-refractivity contribution is 14.0. The van der Waals surface area contributed by atoms with Crippen LogP contribution in [-0.4, -0.2) is 64.2 Å². The lowest BCUT2D eigenvalue weighted by Crippen LogP contribution is -2.49. The van der Waals surface area contributed by atoms with Crippen LogP contribution in [0.25, 0.3) is 0 Å². The van der Waals surface area contributed by atoms with E-state index in [-0.39, 0.29) is 42.0 Å². The average molecular weight is 510 g/mol. The predicted molar refractivity (Wildman–Crippen MR) is 121 cm³/mol. The quantitative estimate of drug-likeness (QED) is 0.345. The molecule has 0 aliphatic carbocycles. The van der Waals surface area contributed by atoms with Gasteiger partial charge in [-0.3, -0.25) is 9.79 Å². The number of sulfone groups is 1. The van der Waals surface area contributed by atoms with Crippen molar-refractivity contribution in [3.63, 3.8) is 0 Å². The molecule has 1 amide bonds. The molecule has 7 nitrogen and oxygen atoms in total. The number of hydrogen-bond acceptors (Lipinski definition) is 4. The van der Waals surface area contributed by atoms with Gasteiger partial charge >= 0.3 is 0 Å². The van der Waals surface area contributed by atoms with Crippen LogP contribution in [0.1, 0.15) is 26.3 Å². The summed E-state index contributed by atoms with van der Waals surface area (Å²) in [5.41, 5.74) is 0.751. The molecule has 0 unspecified atom stereocenters. The van der Waals surface area contributed by atoms with E-state index in [2.05, 4.69) is 15.6 Å². The highest BCUT2D eigenvalue weighted by Gasteiger charge is 2.16. The van der Waals surface area contributed by atoms with Gasteiger partial charge in [-0.15, -0.1) is 24.0 Å². The number of aliphatic imine (C=N–C) groups is 1. The summed E-state index contributed by atoms with van der Waals surface area (Å²) in [5.74, 6) is 0.557. The molecule has 1 aromatic rings. The molecular formula is C18H31IN4O3S. The van der Waals surface area contributed by atoms with E-state index in [1.54, 1.807) is 43.3 Å². The third kappa shape index (κ3) is 9.94. The number of likely N-dealkylation sites (N-methyl/N-ethyl adjacent to an activating group) is 1. The molecule has 27 heavy (non-hydrogen) atoms. The number of halogens is 1. The van der Waals surface area contributed by atoms with E-state index in [1.165, 1.54) is 6.26 Å². The topological polar surface area (TPSA) is 90.9 Å². The Morgan fingerprint density at radius 2 is 1.74 bits per heavy atom. The first-order chi connectivity index (χ1) is 11.9. The van der Waals surface area contributed by atoms with Gasteiger partial charge in [0.25, 0.3) is 0 Å². The van der Waals surface area contributed by atoms with Gasteiger partial charge in [0, 0.05) is 32.4 Å². The van der Waals surface area contributed by atoms with Crippen LogP contribution in [0.15, 0.2) is 34.2 Å². The lowest BCUT2D eigenvalue weighted by molar-refractivity contribution is -0.122. The maximum Gasteiger partial charge on any atom is 0.240 e. The van der Waals surface area contributed by atoms with Crippen molar-refractivity contribution in [2.24, 2.45) is 4.99 Å². The Morgan fingerprint density at radius 3 is 2.19 bits per heavy atom. The van der Waals surface area contributed by atoms with E-state index in [0.29, 0.717) is 23.8 Å². The zero-order valence-electron chi connectivity index (χ0n) is 16.9. The summed E-state index contributed by atoms with van der Waals surface area (Å²) in [5, 5.41) is 6.12. The average Bonchev–Trinajstić information content (AvgIpc) is 2.49. The summed E-state index contributed by atoms with van der Waals surface area (Å²) in [6, 6.07) is 6.84. The minimum atomic E-state index is -3.17. The summed E-state index contributed by atoms with van der Waals surface area (Å²) >= 11 is 0. The van der Waals surface area contributed by atoms with Gasteiger partial charge < -0.3 is 15.5 Å². The molecular weight excluding hydrogens is 479 g/mol. The van der Waals surface area contributed by atoms with E-state index in [9.17, 15) is 13.2 Å². The second kappa shape index (κ2) is 10.8. The zero-order valence-corrected chi connectivity index (χ0v) is 20.0. The Labute approximate surface area is 179 Å². The van der Waals surface area contributed by atoms with Crippen molar-refractivity contribution < 1.29 is 13.2 Å². The van der Waals surface area contributed by atoms with Crippen LogP contribution in [0, 0.1) is 0 Å². The number of carbonyl (C=O) groups is 1.